The first-order valence-electron chi connectivity index (χ1n) is 10.9. The van der Waals surface area contributed by atoms with Gasteiger partial charge in [0.25, 0.3) is 0 Å². The molecule has 1 aromatic heterocycles. The number of aliphatic hydroxyl groups is 2. The van der Waals surface area contributed by atoms with Gasteiger partial charge in [-0.3, -0.25) is 4.79 Å². The third-order valence-electron chi connectivity index (χ3n) is 6.01. The van der Waals surface area contributed by atoms with Gasteiger partial charge in [0.15, 0.2) is 0 Å². The molecule has 6 nitrogen and oxygen atoms in total. The molecule has 1 heterocycles. The number of aromatic amines is 1. The van der Waals surface area contributed by atoms with Gasteiger partial charge in [-0.2, -0.15) is 0 Å². The zero-order chi connectivity index (χ0) is 23.9. The molecule has 6 N–H and O–H groups in total. The van der Waals surface area contributed by atoms with Crippen LogP contribution in [0.25, 0.3) is 32.9 Å². The Morgan fingerprint density at radius 3 is 2.58 bits per heavy atom. The van der Waals surface area contributed by atoms with Crippen molar-refractivity contribution in [2.45, 2.75) is 39.5 Å². The Balaban J connectivity index is 1.99. The highest BCUT2D eigenvalue weighted by molar-refractivity contribution is 6.16. The van der Waals surface area contributed by atoms with Crippen LogP contribution in [0.1, 0.15) is 43.7 Å². The number of amides is 1. The Hall–Kier alpha value is -3.45. The highest BCUT2D eigenvalue weighted by Crippen LogP contribution is 2.40. The molecule has 0 saturated heterocycles. The minimum atomic E-state index is -1.14. The molecule has 0 radical (unpaired) electrons. The van der Waals surface area contributed by atoms with E-state index in [1.54, 1.807) is 26.8 Å². The first kappa shape index (κ1) is 22.7. The topological polar surface area (TPSA) is 111 Å². The number of hydrogen-bond acceptors (Lipinski definition) is 4. The summed E-state index contributed by atoms with van der Waals surface area (Å²) >= 11 is 0. The van der Waals surface area contributed by atoms with Crippen LogP contribution >= 0.6 is 0 Å². The fourth-order valence-corrected chi connectivity index (χ4v) is 4.27. The predicted molar refractivity (Wildman–Crippen MR) is 134 cm³/mol. The molecule has 0 spiro atoms. The smallest absolute Gasteiger partial charge is 0.248 e. The molecule has 0 fully saturated rings. The summed E-state index contributed by atoms with van der Waals surface area (Å²) in [6.07, 6.45) is 2.04. The van der Waals surface area contributed by atoms with E-state index in [4.69, 9.17) is 5.73 Å². The Kier molecular flexibility index (Phi) is 5.84. The number of anilines is 1. The van der Waals surface area contributed by atoms with E-state index in [0.717, 1.165) is 49.7 Å². The number of rotatable bonds is 5. The van der Waals surface area contributed by atoms with Gasteiger partial charge >= 0.3 is 0 Å². The number of allylic oxidation sites excluding steroid dienone is 1. The van der Waals surface area contributed by atoms with Crippen LogP contribution in [-0.2, 0) is 10.4 Å². The second kappa shape index (κ2) is 8.48. The molecule has 0 aliphatic rings. The van der Waals surface area contributed by atoms with Gasteiger partial charge in [-0.1, -0.05) is 42.5 Å². The van der Waals surface area contributed by atoms with Crippen molar-refractivity contribution < 1.29 is 15.0 Å². The van der Waals surface area contributed by atoms with E-state index in [-0.39, 0.29) is 5.91 Å². The number of aliphatic hydroxyl groups excluding tert-OH is 1. The van der Waals surface area contributed by atoms with Crippen LogP contribution in [0.15, 0.2) is 60.7 Å². The summed E-state index contributed by atoms with van der Waals surface area (Å²) in [5.41, 5.74) is 11.4. The second-order valence-corrected chi connectivity index (χ2v) is 8.81. The molecule has 4 aromatic rings. The molecule has 33 heavy (non-hydrogen) atoms. The van der Waals surface area contributed by atoms with Crippen molar-refractivity contribution in [2.75, 3.05) is 5.32 Å². The Labute approximate surface area is 192 Å². The van der Waals surface area contributed by atoms with Gasteiger partial charge in [0, 0.05) is 27.5 Å². The summed E-state index contributed by atoms with van der Waals surface area (Å²) in [5.74, 6) is -0.184. The second-order valence-electron chi connectivity index (χ2n) is 8.81. The van der Waals surface area contributed by atoms with E-state index in [0.29, 0.717) is 5.56 Å². The van der Waals surface area contributed by atoms with Crippen LogP contribution in [0.2, 0.25) is 0 Å². The SMILES string of the molecule is C/C=C/C(=O)Nc1cccc(-c2ccc(C(N)O)c3[nH]c4cc(C(C)(C)O)ccc4c23)c1C. The average Bonchev–Trinajstić information content (AvgIpc) is 3.13. The molecule has 1 amide bonds. The number of fused-ring (bicyclic) bond motifs is 3. The molecule has 170 valence electrons. The van der Waals surface area contributed by atoms with Gasteiger partial charge < -0.3 is 26.2 Å². The minimum Gasteiger partial charge on any atom is -0.386 e. The molecule has 6 heteroatoms. The summed E-state index contributed by atoms with van der Waals surface area (Å²) < 4.78 is 0. The van der Waals surface area contributed by atoms with Crippen molar-refractivity contribution in [2.24, 2.45) is 5.73 Å². The lowest BCUT2D eigenvalue weighted by atomic mass is 9.92. The van der Waals surface area contributed by atoms with Crippen molar-refractivity contribution in [3.8, 4) is 11.1 Å². The standard InChI is InChI=1S/C27H29N3O3/c1-5-7-23(31)29-21-9-6-8-17(15(21)2)18-12-13-20(26(28)32)25-24(18)19-11-10-16(27(3,4)33)14-22(19)30-25/h5-14,26,30,32-33H,28H2,1-4H3,(H,29,31)/b7-5+. The number of hydrogen-bond donors (Lipinski definition) is 5. The van der Waals surface area contributed by atoms with Crippen molar-refractivity contribution in [1.82, 2.24) is 4.98 Å². The maximum atomic E-state index is 12.1. The maximum Gasteiger partial charge on any atom is 0.248 e. The van der Waals surface area contributed by atoms with Crippen LogP contribution in [0.3, 0.4) is 0 Å². The summed E-state index contributed by atoms with van der Waals surface area (Å²) in [6.45, 7) is 7.26. The molecule has 0 aliphatic carbocycles. The number of benzene rings is 3. The molecule has 0 bridgehead atoms. The zero-order valence-corrected chi connectivity index (χ0v) is 19.2. The lowest BCUT2D eigenvalue weighted by Crippen LogP contribution is -2.14. The highest BCUT2D eigenvalue weighted by atomic mass is 16.3. The number of carbonyl (C=O) groups excluding carboxylic acids is 1. The number of nitrogens with one attached hydrogen (secondary N) is 2. The van der Waals surface area contributed by atoms with E-state index in [2.05, 4.69) is 10.3 Å². The normalized spacial score (nSPS) is 13.2. The maximum absolute atomic E-state index is 12.1. The molecular weight excluding hydrogens is 414 g/mol. The lowest BCUT2D eigenvalue weighted by molar-refractivity contribution is -0.111. The quantitative estimate of drug-likeness (QED) is 0.221. The molecular formula is C27H29N3O3. The van der Waals surface area contributed by atoms with Gasteiger partial charge in [-0.15, -0.1) is 0 Å². The average molecular weight is 444 g/mol. The molecule has 0 aliphatic heterocycles. The van der Waals surface area contributed by atoms with Crippen LogP contribution in [0, 0.1) is 6.92 Å². The fraction of sp³-hybridized carbons (Fsp3) is 0.222. The first-order chi connectivity index (χ1) is 15.6. The molecule has 0 saturated carbocycles. The van der Waals surface area contributed by atoms with E-state index >= 15 is 0 Å². The van der Waals surface area contributed by atoms with Crippen LogP contribution < -0.4 is 11.1 Å². The van der Waals surface area contributed by atoms with Gasteiger partial charge in [0.2, 0.25) is 5.91 Å². The predicted octanol–water partition coefficient (Wildman–Crippen LogP) is 4.99. The Bertz CT molecular complexity index is 1390. The monoisotopic (exact) mass is 443 g/mol. The van der Waals surface area contributed by atoms with Gasteiger partial charge in [0.05, 0.1) is 11.1 Å². The fourth-order valence-electron chi connectivity index (χ4n) is 4.27. The first-order valence-corrected chi connectivity index (χ1v) is 10.9. The molecule has 1 atom stereocenters. The van der Waals surface area contributed by atoms with Gasteiger partial charge in [0.1, 0.15) is 6.23 Å². The molecule has 3 aromatic carbocycles. The minimum absolute atomic E-state index is 0.184. The van der Waals surface area contributed by atoms with Crippen molar-refractivity contribution in [1.29, 1.82) is 0 Å². The number of nitrogens with two attached hydrogens (primary N) is 1. The van der Waals surface area contributed by atoms with E-state index in [9.17, 15) is 15.0 Å². The van der Waals surface area contributed by atoms with Crippen LogP contribution in [-0.4, -0.2) is 21.1 Å². The van der Waals surface area contributed by atoms with Crippen molar-refractivity contribution >= 4 is 33.4 Å². The van der Waals surface area contributed by atoms with Crippen LogP contribution in [0.5, 0.6) is 0 Å². The third-order valence-corrected chi connectivity index (χ3v) is 6.01. The number of H-pyrrole nitrogens is 1. The van der Waals surface area contributed by atoms with E-state index < -0.39 is 11.8 Å². The molecule has 1 unspecified atom stereocenters. The van der Waals surface area contributed by atoms with Gasteiger partial charge in [-0.05, 0) is 68.2 Å². The summed E-state index contributed by atoms with van der Waals surface area (Å²) in [5, 5.41) is 25.5. The Morgan fingerprint density at radius 1 is 1.15 bits per heavy atom. The Morgan fingerprint density at radius 2 is 1.91 bits per heavy atom. The molecule has 4 rings (SSSR count). The van der Waals surface area contributed by atoms with Crippen LogP contribution in [0.4, 0.5) is 5.69 Å². The number of aromatic nitrogens is 1. The summed E-state index contributed by atoms with van der Waals surface area (Å²) in [4.78, 5) is 15.5. The lowest BCUT2D eigenvalue weighted by Gasteiger charge is -2.17. The summed E-state index contributed by atoms with van der Waals surface area (Å²) in [7, 11) is 0. The van der Waals surface area contributed by atoms with Crippen molar-refractivity contribution in [3.05, 3.63) is 77.4 Å². The third kappa shape index (κ3) is 4.16. The van der Waals surface area contributed by atoms with Crippen molar-refractivity contribution in [3.63, 3.8) is 0 Å². The highest BCUT2D eigenvalue weighted by Gasteiger charge is 2.21. The van der Waals surface area contributed by atoms with Gasteiger partial charge in [-0.25, -0.2) is 0 Å². The largest absolute Gasteiger partial charge is 0.386 e. The number of carbonyl (C=O) groups is 1. The zero-order valence-electron chi connectivity index (χ0n) is 19.2. The van der Waals surface area contributed by atoms with E-state index in [1.807, 2.05) is 55.5 Å². The summed E-state index contributed by atoms with van der Waals surface area (Å²) in [6, 6.07) is 15.4. The van der Waals surface area contributed by atoms with E-state index in [1.165, 1.54) is 6.08 Å².